The number of hydrogen-bond acceptors (Lipinski definition) is 2. The average molecular weight is 193 g/mol. The van der Waals surface area contributed by atoms with Crippen molar-refractivity contribution in [2.24, 2.45) is 0 Å². The Morgan fingerprint density at radius 2 is 2.29 bits per heavy atom. The smallest absolute Gasteiger partial charge is 0.130 e. The second kappa shape index (κ2) is 4.61. The van der Waals surface area contributed by atoms with Crippen LogP contribution < -0.4 is 4.74 Å². The maximum Gasteiger partial charge on any atom is 0.130 e. The Kier molecular flexibility index (Phi) is 3.47. The van der Waals surface area contributed by atoms with Crippen molar-refractivity contribution in [3.05, 3.63) is 29.6 Å². The van der Waals surface area contributed by atoms with E-state index in [4.69, 9.17) is 10.00 Å². The number of hydrogen-bond donors (Lipinski definition) is 0. The monoisotopic (exact) mass is 193 g/mol. The summed E-state index contributed by atoms with van der Waals surface area (Å²) in [6.07, 6.45) is 0.323. The molecule has 0 N–H and O–H groups in total. The molecule has 0 aliphatic carbocycles. The fourth-order valence-electron chi connectivity index (χ4n) is 1.28. The first-order chi connectivity index (χ1) is 6.69. The molecule has 1 aromatic rings. The van der Waals surface area contributed by atoms with Crippen LogP contribution in [0, 0.1) is 17.1 Å². The predicted octanol–water partition coefficient (Wildman–Crippen LogP) is 2.85. The Morgan fingerprint density at radius 1 is 1.57 bits per heavy atom. The minimum Gasteiger partial charge on any atom is -0.497 e. The third-order valence-electron chi connectivity index (χ3n) is 2.14. The van der Waals surface area contributed by atoms with Gasteiger partial charge in [-0.25, -0.2) is 4.39 Å². The SMILES string of the molecule is COc1ccc(C(C)CC#N)c(F)c1. The molecule has 0 bridgehead atoms. The molecule has 1 unspecified atom stereocenters. The van der Waals surface area contributed by atoms with E-state index in [1.807, 2.05) is 13.0 Å². The zero-order chi connectivity index (χ0) is 10.6. The Hall–Kier alpha value is -1.56. The van der Waals surface area contributed by atoms with Gasteiger partial charge in [0.05, 0.1) is 13.2 Å². The lowest BCUT2D eigenvalue weighted by atomic mass is 9.98. The van der Waals surface area contributed by atoms with E-state index in [9.17, 15) is 4.39 Å². The molecule has 0 fully saturated rings. The quantitative estimate of drug-likeness (QED) is 0.739. The lowest BCUT2D eigenvalue weighted by Crippen LogP contribution is -1.97. The number of nitrogens with zero attached hydrogens (tertiary/aromatic N) is 1. The minimum atomic E-state index is -0.313. The molecular weight excluding hydrogens is 181 g/mol. The van der Waals surface area contributed by atoms with E-state index in [1.54, 1.807) is 12.1 Å². The molecule has 0 amide bonds. The molecule has 3 heteroatoms. The summed E-state index contributed by atoms with van der Waals surface area (Å²) in [7, 11) is 1.49. The highest BCUT2D eigenvalue weighted by molar-refractivity contribution is 5.31. The van der Waals surface area contributed by atoms with Gasteiger partial charge >= 0.3 is 0 Å². The van der Waals surface area contributed by atoms with E-state index in [0.717, 1.165) is 0 Å². The average Bonchev–Trinajstić information content (AvgIpc) is 2.17. The second-order valence-corrected chi connectivity index (χ2v) is 3.15. The van der Waals surface area contributed by atoms with Gasteiger partial charge in [0.1, 0.15) is 11.6 Å². The number of rotatable bonds is 3. The van der Waals surface area contributed by atoms with Crippen LogP contribution in [0.4, 0.5) is 4.39 Å². The van der Waals surface area contributed by atoms with E-state index in [-0.39, 0.29) is 11.7 Å². The maximum absolute atomic E-state index is 13.4. The number of benzene rings is 1. The first kappa shape index (κ1) is 10.5. The largest absolute Gasteiger partial charge is 0.497 e. The molecule has 0 saturated heterocycles. The summed E-state index contributed by atoms with van der Waals surface area (Å²) in [5.74, 6) is 0.105. The van der Waals surface area contributed by atoms with Gasteiger partial charge in [0.15, 0.2) is 0 Å². The summed E-state index contributed by atoms with van der Waals surface area (Å²) in [4.78, 5) is 0. The van der Waals surface area contributed by atoms with E-state index in [0.29, 0.717) is 17.7 Å². The van der Waals surface area contributed by atoms with Crippen LogP contribution in [0.1, 0.15) is 24.8 Å². The van der Waals surface area contributed by atoms with Crippen LogP contribution >= 0.6 is 0 Å². The molecule has 0 spiro atoms. The van der Waals surface area contributed by atoms with Crippen molar-refractivity contribution in [2.45, 2.75) is 19.3 Å². The van der Waals surface area contributed by atoms with Crippen molar-refractivity contribution in [3.8, 4) is 11.8 Å². The molecule has 74 valence electrons. The first-order valence-electron chi connectivity index (χ1n) is 4.39. The van der Waals surface area contributed by atoms with Gasteiger partial charge in [-0.15, -0.1) is 0 Å². The standard InChI is InChI=1S/C11H12FNO/c1-8(5-6-13)10-4-3-9(14-2)7-11(10)12/h3-4,7-8H,5H2,1-2H3. The van der Waals surface area contributed by atoms with Gasteiger partial charge in [-0.05, 0) is 17.5 Å². The van der Waals surface area contributed by atoms with Crippen LogP contribution in [-0.4, -0.2) is 7.11 Å². The first-order valence-corrected chi connectivity index (χ1v) is 4.39. The Bertz CT molecular complexity index is 357. The van der Waals surface area contributed by atoms with Gasteiger partial charge < -0.3 is 4.74 Å². The Labute approximate surface area is 82.9 Å². The third kappa shape index (κ3) is 2.23. The number of halogens is 1. The van der Waals surface area contributed by atoms with Crippen molar-refractivity contribution < 1.29 is 9.13 Å². The molecule has 1 atom stereocenters. The van der Waals surface area contributed by atoms with Crippen molar-refractivity contribution >= 4 is 0 Å². The van der Waals surface area contributed by atoms with Crippen LogP contribution in [0.15, 0.2) is 18.2 Å². The van der Waals surface area contributed by atoms with Gasteiger partial charge in [-0.3, -0.25) is 0 Å². The van der Waals surface area contributed by atoms with Crippen LogP contribution in [0.5, 0.6) is 5.75 Å². The summed E-state index contributed by atoms with van der Waals surface area (Å²) in [5.41, 5.74) is 0.562. The highest BCUT2D eigenvalue weighted by Crippen LogP contribution is 2.24. The van der Waals surface area contributed by atoms with Crippen molar-refractivity contribution in [2.75, 3.05) is 7.11 Å². The highest BCUT2D eigenvalue weighted by Gasteiger charge is 2.11. The molecule has 0 aliphatic rings. The van der Waals surface area contributed by atoms with Gasteiger partial charge in [-0.2, -0.15) is 5.26 Å². The molecular formula is C11H12FNO. The van der Waals surface area contributed by atoms with Gasteiger partial charge in [-0.1, -0.05) is 13.0 Å². The summed E-state index contributed by atoms with van der Waals surface area (Å²) in [5, 5.41) is 8.49. The van der Waals surface area contributed by atoms with Gasteiger partial charge in [0.25, 0.3) is 0 Å². The fourth-order valence-corrected chi connectivity index (χ4v) is 1.28. The number of nitriles is 1. The number of ether oxygens (including phenoxy) is 1. The normalized spacial score (nSPS) is 11.9. The van der Waals surface area contributed by atoms with Crippen LogP contribution in [0.25, 0.3) is 0 Å². The molecule has 0 heterocycles. The molecule has 0 saturated carbocycles. The highest BCUT2D eigenvalue weighted by atomic mass is 19.1. The maximum atomic E-state index is 13.4. The zero-order valence-corrected chi connectivity index (χ0v) is 8.25. The third-order valence-corrected chi connectivity index (χ3v) is 2.14. The van der Waals surface area contributed by atoms with Gasteiger partial charge in [0, 0.05) is 12.5 Å². The Balaban J connectivity index is 2.94. The van der Waals surface area contributed by atoms with Crippen molar-refractivity contribution in [1.29, 1.82) is 5.26 Å². The Morgan fingerprint density at radius 3 is 2.79 bits per heavy atom. The van der Waals surface area contributed by atoms with Crippen LogP contribution in [0.3, 0.4) is 0 Å². The summed E-state index contributed by atoms with van der Waals surface area (Å²) >= 11 is 0. The molecule has 1 rings (SSSR count). The van der Waals surface area contributed by atoms with Gasteiger partial charge in [0.2, 0.25) is 0 Å². The molecule has 0 aromatic heterocycles. The lowest BCUT2D eigenvalue weighted by molar-refractivity contribution is 0.410. The molecule has 14 heavy (non-hydrogen) atoms. The topological polar surface area (TPSA) is 33.0 Å². The van der Waals surface area contributed by atoms with Crippen LogP contribution in [-0.2, 0) is 0 Å². The summed E-state index contributed by atoms with van der Waals surface area (Å²) in [6, 6.07) is 6.72. The van der Waals surface area contributed by atoms with Crippen molar-refractivity contribution in [1.82, 2.24) is 0 Å². The summed E-state index contributed by atoms with van der Waals surface area (Å²) in [6.45, 7) is 1.83. The van der Waals surface area contributed by atoms with Crippen LogP contribution in [0.2, 0.25) is 0 Å². The zero-order valence-electron chi connectivity index (χ0n) is 8.25. The molecule has 1 aromatic carbocycles. The molecule has 0 aliphatic heterocycles. The van der Waals surface area contributed by atoms with Crippen molar-refractivity contribution in [3.63, 3.8) is 0 Å². The molecule has 2 nitrogen and oxygen atoms in total. The fraction of sp³-hybridized carbons (Fsp3) is 0.364. The molecule has 0 radical (unpaired) electrons. The summed E-state index contributed by atoms with van der Waals surface area (Å²) < 4.78 is 18.3. The van der Waals surface area contributed by atoms with E-state index < -0.39 is 0 Å². The number of methoxy groups -OCH3 is 1. The van der Waals surface area contributed by atoms with E-state index in [1.165, 1.54) is 13.2 Å². The van der Waals surface area contributed by atoms with E-state index >= 15 is 0 Å². The second-order valence-electron chi connectivity index (χ2n) is 3.15. The predicted molar refractivity (Wildman–Crippen MR) is 51.6 cm³/mol. The van der Waals surface area contributed by atoms with E-state index in [2.05, 4.69) is 0 Å². The lowest BCUT2D eigenvalue weighted by Gasteiger charge is -2.09. The minimum absolute atomic E-state index is 0.0779.